The minimum atomic E-state index is -5.42. The van der Waals surface area contributed by atoms with E-state index in [2.05, 4.69) is 9.74 Å². The fraction of sp³-hybridized carbons (Fsp3) is 0.591. The van der Waals surface area contributed by atoms with Crippen molar-refractivity contribution in [3.8, 4) is 0 Å². The predicted octanol–water partition coefficient (Wildman–Crippen LogP) is 2.13. The Morgan fingerprint density at radius 2 is 1.74 bits per heavy atom. The molecule has 3 atom stereocenters. The maximum Gasteiger partial charge on any atom is 0.493 e. The molecule has 1 aliphatic carbocycles. The van der Waals surface area contributed by atoms with Crippen molar-refractivity contribution in [3.05, 3.63) is 30.3 Å². The lowest BCUT2D eigenvalue weighted by Gasteiger charge is -2.43. The number of amides is 2. The summed E-state index contributed by atoms with van der Waals surface area (Å²) in [5.41, 5.74) is -0.325. The van der Waals surface area contributed by atoms with Crippen molar-refractivity contribution in [1.29, 1.82) is 0 Å². The zero-order valence-electron chi connectivity index (χ0n) is 18.7. The van der Waals surface area contributed by atoms with Gasteiger partial charge in [0.25, 0.3) is 5.91 Å². The Hall–Kier alpha value is -2.86. The minimum absolute atomic E-state index is 0.0968. The molecule has 9 nitrogen and oxygen atoms in total. The molecule has 188 valence electrons. The summed E-state index contributed by atoms with van der Waals surface area (Å²) < 4.78 is 37.4. The Morgan fingerprint density at radius 3 is 2.29 bits per heavy atom. The second-order valence-corrected chi connectivity index (χ2v) is 8.67. The van der Waals surface area contributed by atoms with Crippen LogP contribution in [0, 0.1) is 11.8 Å². The SMILES string of the molecule is CC[C@@]1(O)CC[C@H](C(=O)N2CCN(c3ccccc3)CC2)[C@@H](C(=O)N(O)OC(=O)C(F)(F)F)C1. The molecule has 2 aliphatic rings. The van der Waals surface area contributed by atoms with Crippen molar-refractivity contribution in [2.75, 3.05) is 31.1 Å². The van der Waals surface area contributed by atoms with E-state index in [4.69, 9.17) is 0 Å². The van der Waals surface area contributed by atoms with Gasteiger partial charge in [0.05, 0.1) is 17.4 Å². The number of hydrogen-bond donors (Lipinski definition) is 2. The van der Waals surface area contributed by atoms with Crippen LogP contribution in [0.5, 0.6) is 0 Å². The highest BCUT2D eigenvalue weighted by molar-refractivity contribution is 5.88. The van der Waals surface area contributed by atoms with Crippen molar-refractivity contribution in [2.24, 2.45) is 11.8 Å². The second kappa shape index (κ2) is 10.2. The molecule has 1 heterocycles. The van der Waals surface area contributed by atoms with Gasteiger partial charge in [0.1, 0.15) is 0 Å². The summed E-state index contributed by atoms with van der Waals surface area (Å²) in [6, 6.07) is 9.63. The molecule has 2 amide bonds. The van der Waals surface area contributed by atoms with Gasteiger partial charge in [-0.15, -0.1) is 0 Å². The summed E-state index contributed by atoms with van der Waals surface area (Å²) in [6.45, 7) is 3.52. The number of carbonyl (C=O) groups is 3. The summed E-state index contributed by atoms with van der Waals surface area (Å²) in [5, 5.41) is 19.7. The number of halogens is 3. The number of piperazine rings is 1. The van der Waals surface area contributed by atoms with Crippen molar-refractivity contribution >= 4 is 23.5 Å². The number of alkyl halides is 3. The zero-order valence-corrected chi connectivity index (χ0v) is 18.7. The average molecular weight is 487 g/mol. The first-order chi connectivity index (χ1) is 15.9. The topological polar surface area (TPSA) is 111 Å². The molecule has 1 aliphatic heterocycles. The molecule has 0 unspecified atom stereocenters. The molecule has 1 saturated heterocycles. The summed E-state index contributed by atoms with van der Waals surface area (Å²) >= 11 is 0. The standard InChI is InChI=1S/C22H28F3N3O6/c1-2-21(32)9-8-16(17(14-21)19(30)28(33)34-20(31)22(23,24)25)18(29)27-12-10-26(11-13-27)15-6-4-3-5-7-15/h3-7,16-17,32-33H,2,8-14H2,1H3/t16-,17-,21+/m0/s1. The number of rotatable bonds is 4. The van der Waals surface area contributed by atoms with Gasteiger partial charge >= 0.3 is 12.1 Å². The van der Waals surface area contributed by atoms with Crippen LogP contribution in [0.2, 0.25) is 0 Å². The molecule has 1 aromatic carbocycles. The first-order valence-corrected chi connectivity index (χ1v) is 11.1. The van der Waals surface area contributed by atoms with E-state index in [9.17, 15) is 37.9 Å². The minimum Gasteiger partial charge on any atom is -0.390 e. The molecule has 12 heteroatoms. The van der Waals surface area contributed by atoms with Crippen LogP contribution in [0.4, 0.5) is 18.9 Å². The van der Waals surface area contributed by atoms with Crippen molar-refractivity contribution in [2.45, 2.75) is 44.4 Å². The van der Waals surface area contributed by atoms with Gasteiger partial charge < -0.3 is 19.7 Å². The highest BCUT2D eigenvalue weighted by Crippen LogP contribution is 2.40. The molecule has 0 aromatic heterocycles. The molecule has 34 heavy (non-hydrogen) atoms. The molecular formula is C22H28F3N3O6. The van der Waals surface area contributed by atoms with E-state index >= 15 is 0 Å². The fourth-order valence-corrected chi connectivity index (χ4v) is 4.53. The predicted molar refractivity (Wildman–Crippen MR) is 112 cm³/mol. The van der Waals surface area contributed by atoms with E-state index in [0.717, 1.165) is 5.69 Å². The Bertz CT molecular complexity index is 892. The second-order valence-electron chi connectivity index (χ2n) is 8.67. The Kier molecular flexibility index (Phi) is 7.71. The van der Waals surface area contributed by atoms with Crippen molar-refractivity contribution < 1.29 is 42.7 Å². The quantitative estimate of drug-likeness (QED) is 0.495. The van der Waals surface area contributed by atoms with Crippen LogP contribution in [0.25, 0.3) is 0 Å². The number of nitrogens with zero attached hydrogens (tertiary/aromatic N) is 3. The highest BCUT2D eigenvalue weighted by atomic mass is 19.4. The molecule has 0 bridgehead atoms. The van der Waals surface area contributed by atoms with Crippen molar-refractivity contribution in [1.82, 2.24) is 10.1 Å². The maximum atomic E-state index is 13.3. The molecule has 0 spiro atoms. The van der Waals surface area contributed by atoms with Crippen LogP contribution < -0.4 is 4.90 Å². The monoisotopic (exact) mass is 487 g/mol. The van der Waals surface area contributed by atoms with Crippen LogP contribution >= 0.6 is 0 Å². The summed E-state index contributed by atoms with van der Waals surface area (Å²) in [4.78, 5) is 44.5. The molecule has 1 aromatic rings. The molecule has 0 radical (unpaired) electrons. The molecule has 2 fully saturated rings. The van der Waals surface area contributed by atoms with E-state index in [1.54, 1.807) is 11.8 Å². The van der Waals surface area contributed by atoms with E-state index in [1.165, 1.54) is 0 Å². The van der Waals surface area contributed by atoms with Crippen LogP contribution in [0.3, 0.4) is 0 Å². The van der Waals surface area contributed by atoms with Gasteiger partial charge in [-0.05, 0) is 43.0 Å². The van der Waals surface area contributed by atoms with Crippen LogP contribution in [0.1, 0.15) is 32.6 Å². The fourth-order valence-electron chi connectivity index (χ4n) is 4.53. The third-order valence-corrected chi connectivity index (χ3v) is 6.60. The number of benzene rings is 1. The molecule has 2 N–H and O–H groups in total. The lowest BCUT2D eigenvalue weighted by molar-refractivity contribution is -0.318. The van der Waals surface area contributed by atoms with Crippen LogP contribution in [-0.4, -0.2) is 76.2 Å². The summed E-state index contributed by atoms with van der Waals surface area (Å²) in [6.07, 6.45) is -5.14. The molecule has 1 saturated carbocycles. The van der Waals surface area contributed by atoms with Gasteiger partial charge in [0.2, 0.25) is 5.91 Å². The number of hydrogen-bond acceptors (Lipinski definition) is 7. The number of carbonyl (C=O) groups excluding carboxylic acids is 3. The number of aliphatic hydroxyl groups is 1. The van der Waals surface area contributed by atoms with Gasteiger partial charge in [-0.25, -0.2) is 4.79 Å². The van der Waals surface area contributed by atoms with Crippen molar-refractivity contribution in [3.63, 3.8) is 0 Å². The van der Waals surface area contributed by atoms with Gasteiger partial charge in [-0.2, -0.15) is 13.2 Å². The summed E-state index contributed by atoms with van der Waals surface area (Å²) in [5.74, 6) is -6.89. The first kappa shape index (κ1) is 25.8. The van der Waals surface area contributed by atoms with Gasteiger partial charge in [0.15, 0.2) is 0 Å². The lowest BCUT2D eigenvalue weighted by Crippen LogP contribution is -2.55. The van der Waals surface area contributed by atoms with Crippen LogP contribution in [-0.2, 0) is 19.2 Å². The molecule has 3 rings (SSSR count). The van der Waals surface area contributed by atoms with E-state index < -0.39 is 40.7 Å². The first-order valence-electron chi connectivity index (χ1n) is 11.1. The Morgan fingerprint density at radius 1 is 1.12 bits per heavy atom. The van der Waals surface area contributed by atoms with E-state index in [-0.39, 0.29) is 31.6 Å². The largest absolute Gasteiger partial charge is 0.493 e. The van der Waals surface area contributed by atoms with Gasteiger partial charge in [-0.3, -0.25) is 14.8 Å². The van der Waals surface area contributed by atoms with Gasteiger partial charge in [0, 0.05) is 31.9 Å². The maximum absolute atomic E-state index is 13.3. The number of para-hydroxylation sites is 1. The smallest absolute Gasteiger partial charge is 0.390 e. The molecular weight excluding hydrogens is 459 g/mol. The average Bonchev–Trinajstić information content (AvgIpc) is 2.83. The highest BCUT2D eigenvalue weighted by Gasteiger charge is 2.49. The Labute approximate surface area is 194 Å². The van der Waals surface area contributed by atoms with E-state index in [0.29, 0.717) is 26.2 Å². The van der Waals surface area contributed by atoms with Gasteiger partial charge in [-0.1, -0.05) is 25.1 Å². The zero-order chi connectivity index (χ0) is 25.1. The lowest BCUT2D eigenvalue weighted by atomic mass is 9.69. The van der Waals surface area contributed by atoms with E-state index in [1.807, 2.05) is 30.3 Å². The van der Waals surface area contributed by atoms with Crippen LogP contribution in [0.15, 0.2) is 30.3 Å². The number of anilines is 1. The summed E-state index contributed by atoms with van der Waals surface area (Å²) in [7, 11) is 0. The third-order valence-electron chi connectivity index (χ3n) is 6.60. The third kappa shape index (κ3) is 5.79. The Balaban J connectivity index is 1.71. The number of hydroxylamine groups is 2. The normalized spacial score (nSPS) is 25.6.